The van der Waals surface area contributed by atoms with E-state index in [0.717, 1.165) is 57.9 Å². The second kappa shape index (κ2) is 9.49. The van der Waals surface area contributed by atoms with Crippen LogP contribution in [0.4, 0.5) is 0 Å². The Morgan fingerprint density at radius 2 is 2.00 bits per heavy atom. The molecule has 1 fully saturated rings. The van der Waals surface area contributed by atoms with E-state index in [1.807, 2.05) is 36.7 Å². The molecule has 0 saturated heterocycles. The first kappa shape index (κ1) is 22.3. The van der Waals surface area contributed by atoms with Gasteiger partial charge in [-0.15, -0.1) is 11.3 Å². The van der Waals surface area contributed by atoms with Crippen LogP contribution in [-0.4, -0.2) is 41.7 Å². The summed E-state index contributed by atoms with van der Waals surface area (Å²) in [6.07, 6.45) is 11.0. The van der Waals surface area contributed by atoms with Crippen LogP contribution in [0.2, 0.25) is 0 Å². The fourth-order valence-electron chi connectivity index (χ4n) is 5.24. The number of imidazole rings is 1. The third-order valence-corrected chi connectivity index (χ3v) is 8.04. The standard InChI is InChI=1S/C28H26N8S/c1-2-5-17(4-1)13-29-14-18-12-19(16-30-15-18)21-7-8-22-25(32-21)26(36-35-22)28-33-24-20(23-6-3-11-37-23)9-10-31-27(24)34-28/h3,6-12,15-17,29H,1-2,4-5,13-14H2,(H,35,36)(H,31,33,34). The maximum Gasteiger partial charge on any atom is 0.178 e. The fraction of sp³-hybridized carbons (Fsp3) is 0.250. The van der Waals surface area contributed by atoms with Gasteiger partial charge in [0.05, 0.1) is 16.7 Å². The molecule has 3 N–H and O–H groups in total. The highest BCUT2D eigenvalue weighted by Crippen LogP contribution is 2.33. The minimum atomic E-state index is 0.644. The Labute approximate surface area is 217 Å². The molecule has 9 heteroatoms. The van der Waals surface area contributed by atoms with Crippen LogP contribution in [0.15, 0.2) is 60.4 Å². The van der Waals surface area contributed by atoms with Crippen LogP contribution in [0.5, 0.6) is 0 Å². The number of aromatic nitrogens is 7. The van der Waals surface area contributed by atoms with Crippen molar-refractivity contribution >= 4 is 33.5 Å². The number of H-pyrrole nitrogens is 2. The lowest BCUT2D eigenvalue weighted by Crippen LogP contribution is -2.20. The maximum atomic E-state index is 4.98. The predicted octanol–water partition coefficient (Wildman–Crippen LogP) is 5.97. The zero-order valence-corrected chi connectivity index (χ0v) is 21.1. The summed E-state index contributed by atoms with van der Waals surface area (Å²) in [5.74, 6) is 1.46. The number of hydrogen-bond acceptors (Lipinski definition) is 7. The van der Waals surface area contributed by atoms with E-state index in [1.165, 1.54) is 30.6 Å². The quantitative estimate of drug-likeness (QED) is 0.246. The van der Waals surface area contributed by atoms with E-state index in [-0.39, 0.29) is 0 Å². The highest BCUT2D eigenvalue weighted by Gasteiger charge is 2.18. The molecule has 0 aliphatic heterocycles. The van der Waals surface area contributed by atoms with Crippen molar-refractivity contribution in [3.63, 3.8) is 0 Å². The number of fused-ring (bicyclic) bond motifs is 2. The van der Waals surface area contributed by atoms with Gasteiger partial charge in [-0.3, -0.25) is 10.1 Å². The average Bonchev–Trinajstić information content (AvgIpc) is 3.74. The Bertz CT molecular complexity index is 1680. The Morgan fingerprint density at radius 3 is 2.89 bits per heavy atom. The zero-order valence-electron chi connectivity index (χ0n) is 20.2. The third-order valence-electron chi connectivity index (χ3n) is 7.14. The highest BCUT2D eigenvalue weighted by atomic mass is 32.1. The molecule has 0 unspecified atom stereocenters. The lowest BCUT2D eigenvalue weighted by molar-refractivity contribution is 0.489. The number of thiophene rings is 1. The molecule has 0 aromatic carbocycles. The molecule has 184 valence electrons. The van der Waals surface area contributed by atoms with E-state index in [2.05, 4.69) is 48.0 Å². The van der Waals surface area contributed by atoms with Gasteiger partial charge in [0.25, 0.3) is 0 Å². The molecule has 0 spiro atoms. The number of pyridine rings is 3. The predicted molar refractivity (Wildman–Crippen MR) is 147 cm³/mol. The van der Waals surface area contributed by atoms with Gasteiger partial charge in [0.2, 0.25) is 0 Å². The number of hydrogen-bond donors (Lipinski definition) is 3. The molecule has 7 rings (SSSR count). The van der Waals surface area contributed by atoms with Crippen molar-refractivity contribution in [2.24, 2.45) is 5.92 Å². The van der Waals surface area contributed by atoms with E-state index >= 15 is 0 Å². The van der Waals surface area contributed by atoms with Crippen LogP contribution in [0.25, 0.3) is 55.4 Å². The average molecular weight is 507 g/mol. The van der Waals surface area contributed by atoms with Crippen LogP contribution < -0.4 is 5.32 Å². The monoisotopic (exact) mass is 506 g/mol. The summed E-state index contributed by atoms with van der Waals surface area (Å²) < 4.78 is 0. The number of nitrogens with zero attached hydrogens (tertiary/aromatic N) is 5. The van der Waals surface area contributed by atoms with Crippen molar-refractivity contribution in [2.75, 3.05) is 6.54 Å². The summed E-state index contributed by atoms with van der Waals surface area (Å²) in [5.41, 5.74) is 7.94. The van der Waals surface area contributed by atoms with Gasteiger partial charge in [-0.05, 0) is 66.6 Å². The normalized spacial score (nSPS) is 14.3. The number of nitrogens with one attached hydrogen (secondary N) is 3. The van der Waals surface area contributed by atoms with Crippen molar-refractivity contribution in [3.05, 3.63) is 65.9 Å². The molecule has 0 bridgehead atoms. The lowest BCUT2D eigenvalue weighted by atomic mass is 10.1. The smallest absolute Gasteiger partial charge is 0.178 e. The molecule has 0 atom stereocenters. The van der Waals surface area contributed by atoms with Gasteiger partial charge in [0.15, 0.2) is 17.2 Å². The molecule has 8 nitrogen and oxygen atoms in total. The van der Waals surface area contributed by atoms with Gasteiger partial charge in [-0.1, -0.05) is 18.9 Å². The lowest BCUT2D eigenvalue weighted by Gasteiger charge is -2.11. The SMILES string of the molecule is c1csc(-c2ccnc3nc(-c4n[nH]c5ccc(-c6cncc(CNCC7CCCC7)c6)nc45)[nH]c23)c1. The largest absolute Gasteiger partial charge is 0.335 e. The number of rotatable bonds is 7. The topological polar surface area (TPSA) is 108 Å². The van der Waals surface area contributed by atoms with Crippen LogP contribution in [-0.2, 0) is 6.54 Å². The summed E-state index contributed by atoms with van der Waals surface area (Å²) in [7, 11) is 0. The Hall–Kier alpha value is -3.95. The molecule has 0 amide bonds. The summed E-state index contributed by atoms with van der Waals surface area (Å²) in [5, 5.41) is 13.3. The maximum absolute atomic E-state index is 4.98. The number of aromatic amines is 2. The van der Waals surface area contributed by atoms with Gasteiger partial charge < -0.3 is 10.3 Å². The first-order chi connectivity index (χ1) is 18.3. The van der Waals surface area contributed by atoms with E-state index in [1.54, 1.807) is 17.5 Å². The van der Waals surface area contributed by atoms with Crippen LogP contribution >= 0.6 is 11.3 Å². The molecular formula is C28H26N8S. The highest BCUT2D eigenvalue weighted by molar-refractivity contribution is 7.13. The Morgan fingerprint density at radius 1 is 1.05 bits per heavy atom. The fourth-order valence-corrected chi connectivity index (χ4v) is 6.00. The third kappa shape index (κ3) is 4.30. The second-order valence-corrected chi connectivity index (χ2v) is 10.6. The van der Waals surface area contributed by atoms with Crippen molar-refractivity contribution in [1.82, 2.24) is 40.4 Å². The molecule has 0 radical (unpaired) electrons. The van der Waals surface area contributed by atoms with Crippen LogP contribution in [0.3, 0.4) is 0 Å². The summed E-state index contributed by atoms with van der Waals surface area (Å²) in [6.45, 7) is 1.89. The first-order valence-electron chi connectivity index (χ1n) is 12.7. The molecule has 1 aliphatic carbocycles. The van der Waals surface area contributed by atoms with Crippen LogP contribution in [0, 0.1) is 5.92 Å². The molecule has 37 heavy (non-hydrogen) atoms. The van der Waals surface area contributed by atoms with E-state index < -0.39 is 0 Å². The Kier molecular flexibility index (Phi) is 5.71. The molecular weight excluding hydrogens is 480 g/mol. The van der Waals surface area contributed by atoms with Gasteiger partial charge in [0.1, 0.15) is 5.52 Å². The van der Waals surface area contributed by atoms with E-state index in [0.29, 0.717) is 17.2 Å². The molecule has 6 aromatic heterocycles. The van der Waals surface area contributed by atoms with Gasteiger partial charge in [0, 0.05) is 41.1 Å². The van der Waals surface area contributed by atoms with Crippen molar-refractivity contribution in [1.29, 1.82) is 0 Å². The Balaban J connectivity index is 1.20. The van der Waals surface area contributed by atoms with E-state index in [9.17, 15) is 0 Å². The van der Waals surface area contributed by atoms with Gasteiger partial charge in [-0.2, -0.15) is 5.10 Å². The zero-order chi connectivity index (χ0) is 24.6. The second-order valence-electron chi connectivity index (χ2n) is 9.65. The van der Waals surface area contributed by atoms with Gasteiger partial charge >= 0.3 is 0 Å². The van der Waals surface area contributed by atoms with Crippen molar-refractivity contribution in [2.45, 2.75) is 32.2 Å². The van der Waals surface area contributed by atoms with Crippen LogP contribution in [0.1, 0.15) is 31.2 Å². The molecule has 6 aromatic rings. The first-order valence-corrected chi connectivity index (χ1v) is 13.6. The summed E-state index contributed by atoms with van der Waals surface area (Å²) in [6, 6.07) is 12.3. The minimum absolute atomic E-state index is 0.644. The van der Waals surface area contributed by atoms with E-state index in [4.69, 9.17) is 9.97 Å². The molecule has 1 aliphatic rings. The van der Waals surface area contributed by atoms with Crippen molar-refractivity contribution < 1.29 is 0 Å². The minimum Gasteiger partial charge on any atom is -0.335 e. The summed E-state index contributed by atoms with van der Waals surface area (Å²) >= 11 is 1.69. The molecule has 6 heterocycles. The van der Waals surface area contributed by atoms with Crippen molar-refractivity contribution in [3.8, 4) is 33.2 Å². The molecule has 1 saturated carbocycles. The van der Waals surface area contributed by atoms with Gasteiger partial charge in [-0.25, -0.2) is 15.0 Å². The summed E-state index contributed by atoms with van der Waals surface area (Å²) in [4.78, 5) is 23.3.